The highest BCUT2D eigenvalue weighted by Gasteiger charge is 2.21. The molecular formula is C22H25NO5. The summed E-state index contributed by atoms with van der Waals surface area (Å²) in [4.78, 5) is 12.3. The summed E-state index contributed by atoms with van der Waals surface area (Å²) >= 11 is 0. The standard InChI is InChI=1S/C22H25NO5/c1-5-28-21-15(7-6-8-19(21)26-3)11-12-23-14(2)20(22(25)27-4)17-13-16(24)9-10-18(17)23/h6-10,13,24H,5,11-12H2,1-4H3. The molecule has 1 aromatic heterocycles. The highest BCUT2D eigenvalue weighted by atomic mass is 16.5. The van der Waals surface area contributed by atoms with Crippen molar-refractivity contribution in [1.82, 2.24) is 4.57 Å². The molecule has 0 bridgehead atoms. The Balaban J connectivity index is 2.02. The van der Waals surface area contributed by atoms with Crippen LogP contribution in [0.2, 0.25) is 0 Å². The van der Waals surface area contributed by atoms with Gasteiger partial charge in [0.2, 0.25) is 0 Å². The number of carbonyl (C=O) groups is 1. The zero-order chi connectivity index (χ0) is 20.3. The molecule has 28 heavy (non-hydrogen) atoms. The fourth-order valence-electron chi connectivity index (χ4n) is 3.58. The Hall–Kier alpha value is -3.15. The minimum atomic E-state index is -0.414. The molecule has 3 rings (SSSR count). The molecular weight excluding hydrogens is 358 g/mol. The lowest BCUT2D eigenvalue weighted by Gasteiger charge is -2.15. The summed E-state index contributed by atoms with van der Waals surface area (Å²) in [6.45, 7) is 5.01. The molecule has 0 atom stereocenters. The number of esters is 1. The number of phenolic OH excluding ortho intramolecular Hbond substituents is 1. The van der Waals surface area contributed by atoms with Crippen LogP contribution < -0.4 is 9.47 Å². The van der Waals surface area contributed by atoms with Gasteiger partial charge in [-0.3, -0.25) is 0 Å². The van der Waals surface area contributed by atoms with Crippen LogP contribution in [0, 0.1) is 6.92 Å². The first-order valence-corrected chi connectivity index (χ1v) is 9.20. The fraction of sp³-hybridized carbons (Fsp3) is 0.318. The second-order valence-electron chi connectivity index (χ2n) is 6.44. The van der Waals surface area contributed by atoms with E-state index in [2.05, 4.69) is 4.57 Å². The minimum absolute atomic E-state index is 0.112. The Bertz CT molecular complexity index is 1010. The largest absolute Gasteiger partial charge is 0.508 e. The molecule has 1 heterocycles. The van der Waals surface area contributed by atoms with Gasteiger partial charge in [-0.05, 0) is 50.1 Å². The number of aryl methyl sites for hydroxylation is 2. The molecule has 1 N–H and O–H groups in total. The third kappa shape index (κ3) is 3.50. The summed E-state index contributed by atoms with van der Waals surface area (Å²) in [5.41, 5.74) is 3.18. The number of fused-ring (bicyclic) bond motifs is 1. The Morgan fingerprint density at radius 1 is 1.18 bits per heavy atom. The number of benzene rings is 2. The van der Waals surface area contributed by atoms with Crippen molar-refractivity contribution in [3.8, 4) is 17.2 Å². The summed E-state index contributed by atoms with van der Waals surface area (Å²) in [6, 6.07) is 10.9. The average molecular weight is 383 g/mol. The summed E-state index contributed by atoms with van der Waals surface area (Å²) in [5, 5.41) is 10.6. The third-order valence-electron chi connectivity index (χ3n) is 4.87. The van der Waals surface area contributed by atoms with Gasteiger partial charge in [0.25, 0.3) is 0 Å². The van der Waals surface area contributed by atoms with Crippen molar-refractivity contribution in [3.05, 3.63) is 53.2 Å². The van der Waals surface area contributed by atoms with Crippen LogP contribution in [0.5, 0.6) is 17.2 Å². The van der Waals surface area contributed by atoms with E-state index in [1.165, 1.54) is 7.11 Å². The van der Waals surface area contributed by atoms with Crippen molar-refractivity contribution >= 4 is 16.9 Å². The van der Waals surface area contributed by atoms with E-state index in [1.807, 2.05) is 38.1 Å². The van der Waals surface area contributed by atoms with Crippen LogP contribution in [0.3, 0.4) is 0 Å². The number of phenols is 1. The smallest absolute Gasteiger partial charge is 0.340 e. The van der Waals surface area contributed by atoms with Gasteiger partial charge in [0.1, 0.15) is 5.75 Å². The van der Waals surface area contributed by atoms with Crippen LogP contribution >= 0.6 is 0 Å². The fourth-order valence-corrected chi connectivity index (χ4v) is 3.58. The molecule has 0 saturated heterocycles. The number of methoxy groups -OCH3 is 2. The van der Waals surface area contributed by atoms with Crippen molar-refractivity contribution in [2.24, 2.45) is 0 Å². The zero-order valence-corrected chi connectivity index (χ0v) is 16.6. The summed E-state index contributed by atoms with van der Waals surface area (Å²) in [5.74, 6) is 1.14. The Morgan fingerprint density at radius 2 is 1.96 bits per heavy atom. The number of aromatic hydroxyl groups is 1. The van der Waals surface area contributed by atoms with E-state index in [4.69, 9.17) is 14.2 Å². The molecule has 148 valence electrons. The summed E-state index contributed by atoms with van der Waals surface area (Å²) in [6.07, 6.45) is 0.693. The number of carbonyl (C=O) groups excluding carboxylic acids is 1. The minimum Gasteiger partial charge on any atom is -0.508 e. The van der Waals surface area contributed by atoms with Crippen molar-refractivity contribution in [1.29, 1.82) is 0 Å². The molecule has 0 aliphatic rings. The molecule has 0 unspecified atom stereocenters. The lowest BCUT2D eigenvalue weighted by molar-refractivity contribution is 0.0602. The van der Waals surface area contributed by atoms with E-state index in [0.29, 0.717) is 36.3 Å². The van der Waals surface area contributed by atoms with Crippen LogP contribution in [-0.4, -0.2) is 36.5 Å². The predicted molar refractivity (Wildman–Crippen MR) is 108 cm³/mol. The molecule has 6 heteroatoms. The zero-order valence-electron chi connectivity index (χ0n) is 16.6. The predicted octanol–water partition coefficient (Wildman–Crippen LogP) is 4.09. The first-order chi connectivity index (χ1) is 13.5. The van der Waals surface area contributed by atoms with Crippen LogP contribution in [0.15, 0.2) is 36.4 Å². The number of rotatable bonds is 7. The maximum Gasteiger partial charge on any atom is 0.340 e. The molecule has 2 aromatic carbocycles. The van der Waals surface area contributed by atoms with Crippen molar-refractivity contribution in [3.63, 3.8) is 0 Å². The Morgan fingerprint density at radius 3 is 2.64 bits per heavy atom. The molecule has 0 amide bonds. The first-order valence-electron chi connectivity index (χ1n) is 9.20. The summed E-state index contributed by atoms with van der Waals surface area (Å²) < 4.78 is 18.2. The lowest BCUT2D eigenvalue weighted by Crippen LogP contribution is -2.08. The van der Waals surface area contributed by atoms with Crippen molar-refractivity contribution in [2.45, 2.75) is 26.8 Å². The number of aromatic nitrogens is 1. The van der Waals surface area contributed by atoms with E-state index in [1.54, 1.807) is 19.2 Å². The molecule has 0 saturated carbocycles. The van der Waals surface area contributed by atoms with Gasteiger partial charge in [0.05, 0.1) is 26.4 Å². The van der Waals surface area contributed by atoms with E-state index in [-0.39, 0.29) is 5.75 Å². The van der Waals surface area contributed by atoms with E-state index in [0.717, 1.165) is 22.5 Å². The maximum absolute atomic E-state index is 12.3. The van der Waals surface area contributed by atoms with Gasteiger partial charge in [-0.15, -0.1) is 0 Å². The molecule has 6 nitrogen and oxygen atoms in total. The molecule has 0 spiro atoms. The quantitative estimate of drug-likeness (QED) is 0.622. The van der Waals surface area contributed by atoms with E-state index < -0.39 is 5.97 Å². The van der Waals surface area contributed by atoms with Crippen molar-refractivity contribution < 1.29 is 24.1 Å². The molecule has 0 radical (unpaired) electrons. The van der Waals surface area contributed by atoms with Crippen LogP contribution in [0.4, 0.5) is 0 Å². The average Bonchev–Trinajstić information content (AvgIpc) is 2.97. The van der Waals surface area contributed by atoms with E-state index in [9.17, 15) is 9.90 Å². The van der Waals surface area contributed by atoms with Crippen LogP contribution in [-0.2, 0) is 17.7 Å². The van der Waals surface area contributed by atoms with Gasteiger partial charge in [-0.1, -0.05) is 12.1 Å². The maximum atomic E-state index is 12.3. The lowest BCUT2D eigenvalue weighted by atomic mass is 10.1. The van der Waals surface area contributed by atoms with Gasteiger partial charge in [0, 0.05) is 23.1 Å². The number of para-hydroxylation sites is 1. The number of hydrogen-bond acceptors (Lipinski definition) is 5. The number of ether oxygens (including phenoxy) is 3. The topological polar surface area (TPSA) is 69.9 Å². The summed E-state index contributed by atoms with van der Waals surface area (Å²) in [7, 11) is 2.98. The Labute approximate surface area is 164 Å². The number of hydrogen-bond donors (Lipinski definition) is 1. The highest BCUT2D eigenvalue weighted by molar-refractivity contribution is 6.06. The second kappa shape index (κ2) is 8.25. The number of nitrogens with zero attached hydrogens (tertiary/aromatic N) is 1. The van der Waals surface area contributed by atoms with Crippen LogP contribution in [0.25, 0.3) is 10.9 Å². The monoisotopic (exact) mass is 383 g/mol. The van der Waals surface area contributed by atoms with Gasteiger partial charge >= 0.3 is 5.97 Å². The normalized spacial score (nSPS) is 10.9. The molecule has 3 aromatic rings. The SMILES string of the molecule is CCOc1c(CCn2c(C)c(C(=O)OC)c3cc(O)ccc32)cccc1OC. The third-order valence-corrected chi connectivity index (χ3v) is 4.87. The van der Waals surface area contributed by atoms with Gasteiger partial charge in [0.15, 0.2) is 11.5 Å². The Kier molecular flexibility index (Phi) is 5.78. The van der Waals surface area contributed by atoms with Gasteiger partial charge < -0.3 is 23.9 Å². The van der Waals surface area contributed by atoms with E-state index >= 15 is 0 Å². The molecule has 0 aliphatic heterocycles. The van der Waals surface area contributed by atoms with Crippen LogP contribution in [0.1, 0.15) is 28.5 Å². The first kappa shape index (κ1) is 19.6. The molecule has 0 aliphatic carbocycles. The van der Waals surface area contributed by atoms with Crippen molar-refractivity contribution in [2.75, 3.05) is 20.8 Å². The van der Waals surface area contributed by atoms with Gasteiger partial charge in [-0.2, -0.15) is 0 Å². The highest BCUT2D eigenvalue weighted by Crippen LogP contribution is 2.33. The second-order valence-corrected chi connectivity index (χ2v) is 6.44. The van der Waals surface area contributed by atoms with Gasteiger partial charge in [-0.25, -0.2) is 4.79 Å². The molecule has 0 fully saturated rings.